The van der Waals surface area contributed by atoms with Crippen molar-refractivity contribution in [3.63, 3.8) is 0 Å². The molecule has 0 bridgehead atoms. The molecule has 1 atom stereocenters. The fourth-order valence-corrected chi connectivity index (χ4v) is 2.48. The van der Waals surface area contributed by atoms with E-state index < -0.39 is 22.4 Å². The lowest BCUT2D eigenvalue weighted by molar-refractivity contribution is -0.384. The molecule has 0 aliphatic carbocycles. The molecule has 1 saturated heterocycles. The summed E-state index contributed by atoms with van der Waals surface area (Å²) in [6.07, 6.45) is -0.457. The molecule has 0 radical (unpaired) electrons. The molecule has 1 fully saturated rings. The average molecular weight is 284 g/mol. The van der Waals surface area contributed by atoms with Crippen LogP contribution in [0.5, 0.6) is 0 Å². The third-order valence-electron chi connectivity index (χ3n) is 3.16. The number of benzene rings is 1. The number of nitro groups is 1. The first-order valence-corrected chi connectivity index (χ1v) is 6.30. The Morgan fingerprint density at radius 2 is 2.30 bits per heavy atom. The smallest absolute Gasteiger partial charge is 0.292 e. The number of aliphatic hydroxyl groups is 1. The number of rotatable bonds is 3. The van der Waals surface area contributed by atoms with Gasteiger partial charge in [-0.15, -0.1) is 0 Å². The molecule has 0 saturated carbocycles. The van der Waals surface area contributed by atoms with Crippen LogP contribution in [0.4, 0.5) is 15.8 Å². The van der Waals surface area contributed by atoms with Gasteiger partial charge in [0.15, 0.2) is 0 Å². The van der Waals surface area contributed by atoms with Crippen molar-refractivity contribution in [1.82, 2.24) is 0 Å². The lowest BCUT2D eigenvalue weighted by atomic mass is 10.0. The third kappa shape index (κ3) is 3.05. The molecule has 1 heterocycles. The predicted octanol–water partition coefficient (Wildman–Crippen LogP) is 1.71. The second-order valence-corrected chi connectivity index (χ2v) is 5.45. The van der Waals surface area contributed by atoms with Crippen molar-refractivity contribution in [3.8, 4) is 0 Å². The van der Waals surface area contributed by atoms with Gasteiger partial charge < -0.3 is 14.7 Å². The first-order valence-electron chi connectivity index (χ1n) is 6.30. The van der Waals surface area contributed by atoms with Gasteiger partial charge in [0.25, 0.3) is 5.69 Å². The van der Waals surface area contributed by atoms with E-state index in [0.29, 0.717) is 6.54 Å². The monoisotopic (exact) mass is 284 g/mol. The van der Waals surface area contributed by atoms with Gasteiger partial charge in [-0.2, -0.15) is 0 Å². The van der Waals surface area contributed by atoms with Crippen molar-refractivity contribution in [2.75, 3.05) is 24.6 Å². The zero-order valence-corrected chi connectivity index (χ0v) is 11.4. The van der Waals surface area contributed by atoms with E-state index in [1.54, 1.807) is 4.90 Å². The van der Waals surface area contributed by atoms with Crippen LogP contribution in [-0.4, -0.2) is 41.4 Å². The van der Waals surface area contributed by atoms with Crippen LogP contribution in [0.2, 0.25) is 0 Å². The largest absolute Gasteiger partial charge is 0.394 e. The number of aliphatic hydroxyl groups excluding tert-OH is 1. The number of morpholine rings is 1. The number of halogens is 1. The Labute approximate surface area is 115 Å². The molecule has 1 aliphatic heterocycles. The summed E-state index contributed by atoms with van der Waals surface area (Å²) >= 11 is 0. The maximum absolute atomic E-state index is 13.4. The van der Waals surface area contributed by atoms with E-state index in [1.165, 1.54) is 0 Å². The fraction of sp³-hybridized carbons (Fsp3) is 0.538. The molecule has 1 N–H and O–H groups in total. The van der Waals surface area contributed by atoms with Crippen molar-refractivity contribution in [2.45, 2.75) is 25.6 Å². The van der Waals surface area contributed by atoms with Crippen LogP contribution in [0.15, 0.2) is 18.2 Å². The number of ether oxygens (including phenoxy) is 1. The van der Waals surface area contributed by atoms with E-state index in [1.807, 2.05) is 13.8 Å². The molecule has 0 aromatic heterocycles. The highest BCUT2D eigenvalue weighted by Gasteiger charge is 2.35. The number of anilines is 1. The lowest BCUT2D eigenvalue weighted by Crippen LogP contribution is -2.54. The normalized spacial score (nSPS) is 21.8. The Balaban J connectivity index is 2.39. The Hall–Kier alpha value is -1.73. The number of nitro benzene ring substituents is 1. The van der Waals surface area contributed by atoms with E-state index >= 15 is 0 Å². The number of hydrogen-bond donors (Lipinski definition) is 1. The van der Waals surface area contributed by atoms with Gasteiger partial charge in [-0.1, -0.05) is 0 Å². The van der Waals surface area contributed by atoms with Crippen LogP contribution >= 0.6 is 0 Å². The topological polar surface area (TPSA) is 75.8 Å². The maximum Gasteiger partial charge on any atom is 0.292 e. The van der Waals surface area contributed by atoms with E-state index in [2.05, 4.69) is 0 Å². The van der Waals surface area contributed by atoms with Gasteiger partial charge in [0, 0.05) is 25.2 Å². The summed E-state index contributed by atoms with van der Waals surface area (Å²) < 4.78 is 19.1. The Morgan fingerprint density at radius 1 is 1.60 bits per heavy atom. The molecule has 0 spiro atoms. The molecule has 1 aromatic rings. The molecule has 1 aliphatic rings. The first kappa shape index (κ1) is 14.7. The summed E-state index contributed by atoms with van der Waals surface area (Å²) in [4.78, 5) is 12.2. The van der Waals surface area contributed by atoms with Gasteiger partial charge in [-0.3, -0.25) is 10.1 Å². The molecule has 1 aromatic carbocycles. The van der Waals surface area contributed by atoms with E-state index in [0.717, 1.165) is 18.2 Å². The second-order valence-electron chi connectivity index (χ2n) is 5.45. The molecule has 20 heavy (non-hydrogen) atoms. The fourth-order valence-electron chi connectivity index (χ4n) is 2.48. The van der Waals surface area contributed by atoms with Crippen LogP contribution in [-0.2, 0) is 4.74 Å². The summed E-state index contributed by atoms with van der Waals surface area (Å²) in [6.45, 7) is 4.13. The zero-order valence-electron chi connectivity index (χ0n) is 11.4. The van der Waals surface area contributed by atoms with E-state index in [4.69, 9.17) is 4.74 Å². The quantitative estimate of drug-likeness (QED) is 0.675. The summed E-state index contributed by atoms with van der Waals surface area (Å²) in [5, 5.41) is 20.3. The highest BCUT2D eigenvalue weighted by atomic mass is 19.1. The summed E-state index contributed by atoms with van der Waals surface area (Å²) in [6, 6.07) is 3.37. The summed E-state index contributed by atoms with van der Waals surface area (Å²) in [7, 11) is 0. The van der Waals surface area contributed by atoms with Crippen molar-refractivity contribution < 1.29 is 19.2 Å². The minimum absolute atomic E-state index is 0.152. The van der Waals surface area contributed by atoms with Crippen molar-refractivity contribution >= 4 is 11.4 Å². The van der Waals surface area contributed by atoms with Gasteiger partial charge in [-0.25, -0.2) is 4.39 Å². The van der Waals surface area contributed by atoms with Gasteiger partial charge in [0.1, 0.15) is 11.5 Å². The van der Waals surface area contributed by atoms with Gasteiger partial charge in [-0.05, 0) is 19.9 Å². The van der Waals surface area contributed by atoms with Crippen LogP contribution in [0.25, 0.3) is 0 Å². The highest BCUT2D eigenvalue weighted by molar-refractivity contribution is 5.63. The Bertz CT molecular complexity index is 521. The molecule has 7 heteroatoms. The first-order chi connectivity index (χ1) is 9.32. The second kappa shape index (κ2) is 5.34. The molecule has 6 nitrogen and oxygen atoms in total. The van der Waals surface area contributed by atoms with Crippen molar-refractivity contribution in [2.24, 2.45) is 0 Å². The Kier molecular flexibility index (Phi) is 3.92. The van der Waals surface area contributed by atoms with Crippen LogP contribution in [0, 0.1) is 15.9 Å². The van der Waals surface area contributed by atoms with Gasteiger partial charge >= 0.3 is 0 Å². The molecular formula is C13H17FN2O4. The Morgan fingerprint density at radius 3 is 2.90 bits per heavy atom. The maximum atomic E-state index is 13.4. The highest BCUT2D eigenvalue weighted by Crippen LogP contribution is 2.33. The lowest BCUT2D eigenvalue weighted by Gasteiger charge is -2.43. The standard InChI is InChI=1S/C13H17FN2O4/c1-13(2)8-15(6-10(7-17)20-13)12-5-9(14)3-4-11(12)16(18)19/h3-5,10,17H,6-8H2,1-2H3. The van der Waals surface area contributed by atoms with Crippen LogP contribution in [0.3, 0.4) is 0 Å². The summed E-state index contributed by atoms with van der Waals surface area (Å²) in [5.74, 6) is -0.532. The van der Waals surface area contributed by atoms with Gasteiger partial charge in [0.2, 0.25) is 0 Å². The van der Waals surface area contributed by atoms with Crippen molar-refractivity contribution in [3.05, 3.63) is 34.1 Å². The molecule has 110 valence electrons. The molecular weight excluding hydrogens is 267 g/mol. The third-order valence-corrected chi connectivity index (χ3v) is 3.16. The SMILES string of the molecule is CC1(C)CN(c2cc(F)ccc2[N+](=O)[O-])CC(CO)O1. The van der Waals surface area contributed by atoms with Crippen LogP contribution < -0.4 is 4.90 Å². The molecule has 1 unspecified atom stereocenters. The molecule has 0 amide bonds. The summed E-state index contributed by atoms with van der Waals surface area (Å²) in [5.41, 5.74) is -0.517. The zero-order chi connectivity index (χ0) is 14.9. The number of nitrogens with zero attached hydrogens (tertiary/aromatic N) is 2. The van der Waals surface area contributed by atoms with E-state index in [9.17, 15) is 19.6 Å². The van der Waals surface area contributed by atoms with E-state index in [-0.39, 0.29) is 24.5 Å². The van der Waals surface area contributed by atoms with Crippen molar-refractivity contribution in [1.29, 1.82) is 0 Å². The average Bonchev–Trinajstić information content (AvgIpc) is 2.36. The predicted molar refractivity (Wildman–Crippen MR) is 71.3 cm³/mol. The minimum Gasteiger partial charge on any atom is -0.394 e. The molecule has 2 rings (SSSR count). The van der Waals surface area contributed by atoms with Crippen LogP contribution in [0.1, 0.15) is 13.8 Å². The number of hydrogen-bond acceptors (Lipinski definition) is 5. The minimum atomic E-state index is -0.578. The van der Waals surface area contributed by atoms with Gasteiger partial charge in [0.05, 0.1) is 23.2 Å².